The van der Waals surface area contributed by atoms with Gasteiger partial charge in [-0.25, -0.2) is 0 Å². The molecule has 0 aromatic carbocycles. The predicted molar refractivity (Wildman–Crippen MR) is 77.1 cm³/mol. The Hall–Kier alpha value is 4.39. The summed E-state index contributed by atoms with van der Waals surface area (Å²) in [5, 5.41) is 0. The molecule has 0 aromatic rings. The minimum Gasteiger partial charge on any atom is -0.107 e. The van der Waals surface area contributed by atoms with E-state index in [0.717, 1.165) is 0 Å². The molecule has 0 spiro atoms. The molecule has 0 nitrogen and oxygen atoms in total. The molecule has 0 saturated heterocycles. The summed E-state index contributed by atoms with van der Waals surface area (Å²) < 4.78 is 0. The van der Waals surface area contributed by atoms with Crippen LogP contribution in [0.3, 0.4) is 0 Å². The molecule has 0 rings (SSSR count). The fourth-order valence-corrected chi connectivity index (χ4v) is 0. The van der Waals surface area contributed by atoms with Crippen molar-refractivity contribution in [3.8, 4) is 0 Å². The van der Waals surface area contributed by atoms with Crippen LogP contribution in [-0.4, -0.2) is 0 Å². The Kier molecular flexibility index (Phi) is 272. The first-order chi connectivity index (χ1) is 0. The molecule has 0 fully saturated rings. The van der Waals surface area contributed by atoms with Gasteiger partial charge in [0, 0.05) is 22.4 Å². The average Bonchev–Trinajstić information content (AvgIpc) is 0. The van der Waals surface area contributed by atoms with E-state index < -0.39 is 0 Å². The van der Waals surface area contributed by atoms with Crippen LogP contribution in [0.15, 0.2) is 0 Å². The Balaban J connectivity index is 0. The first-order valence-corrected chi connectivity index (χ1v) is 0. The van der Waals surface area contributed by atoms with Crippen molar-refractivity contribution in [1.29, 1.82) is 0 Å². The molecule has 0 heterocycles. The van der Waals surface area contributed by atoms with E-state index in [1.165, 1.54) is 0 Å². The zero-order valence-corrected chi connectivity index (χ0v) is 17.4. The third kappa shape index (κ3) is 23.8. The van der Waals surface area contributed by atoms with Crippen LogP contribution in [0, 0.1) is 0 Å². The van der Waals surface area contributed by atoms with E-state index in [4.69, 9.17) is 0 Å². The second-order valence-electron chi connectivity index (χ2n) is 0. The molecule has 0 amide bonds. The van der Waals surface area contributed by atoms with Crippen LogP contribution in [0.2, 0.25) is 0 Å². The van der Waals surface area contributed by atoms with Gasteiger partial charge in [0.15, 0.2) is 0 Å². The summed E-state index contributed by atoms with van der Waals surface area (Å²) in [4.78, 5) is 0. The number of rotatable bonds is 0. The third-order valence-electron chi connectivity index (χ3n) is 0. The first kappa shape index (κ1) is 47.5. The van der Waals surface area contributed by atoms with Crippen LogP contribution in [-0.2, 0) is 22.4 Å². The minimum absolute atomic E-state index is 0. The molecule has 6 heavy (non-hydrogen) atoms. The fourth-order valence-electron chi connectivity index (χ4n) is 0. The van der Waals surface area contributed by atoms with Gasteiger partial charge < -0.3 is 0 Å². The van der Waals surface area contributed by atoms with Crippen molar-refractivity contribution in [3.63, 3.8) is 0 Å². The summed E-state index contributed by atoms with van der Waals surface area (Å²) in [5.41, 5.74) is 0. The Bertz CT molecular complexity index is 3.90. The molecule has 0 atom stereocenters. The van der Waals surface area contributed by atoms with Crippen LogP contribution in [0.25, 0.3) is 0 Å². The van der Waals surface area contributed by atoms with Gasteiger partial charge in [-0.1, -0.05) is 0 Å². The van der Waals surface area contributed by atoms with Gasteiger partial charge >= 0.3 is 0 Å². The molecule has 0 aliphatic rings. The van der Waals surface area contributed by atoms with Crippen molar-refractivity contribution in [2.45, 2.75) is 0 Å². The molecular formula is H5I5Ta. The van der Waals surface area contributed by atoms with Gasteiger partial charge in [-0.15, -0.1) is 120 Å². The summed E-state index contributed by atoms with van der Waals surface area (Å²) >= 11 is 0. The second-order valence-corrected chi connectivity index (χ2v) is 0. The van der Waals surface area contributed by atoms with Crippen molar-refractivity contribution in [2.75, 3.05) is 0 Å². The van der Waals surface area contributed by atoms with Crippen LogP contribution in [0.1, 0.15) is 0 Å². The molecule has 0 aromatic heterocycles. The maximum atomic E-state index is 0. The van der Waals surface area contributed by atoms with Gasteiger partial charge in [-0.2, -0.15) is 0 Å². The largest absolute Gasteiger partial charge is 0.107 e. The van der Waals surface area contributed by atoms with Crippen molar-refractivity contribution >= 4 is 120 Å². The molecule has 0 bridgehead atoms. The molecular weight excluding hydrogens is 815 g/mol. The average molecular weight is 821 g/mol. The van der Waals surface area contributed by atoms with Gasteiger partial charge in [0.2, 0.25) is 0 Å². The van der Waals surface area contributed by atoms with Crippen LogP contribution >= 0.6 is 120 Å². The Morgan fingerprint density at radius 2 is 0.333 bits per heavy atom. The van der Waals surface area contributed by atoms with Crippen LogP contribution in [0.5, 0.6) is 0 Å². The normalized spacial score (nSPS) is 0. The predicted octanol–water partition coefficient (Wildman–Crippen LogP) is 3.09. The van der Waals surface area contributed by atoms with Gasteiger partial charge in [0.25, 0.3) is 0 Å². The van der Waals surface area contributed by atoms with E-state index in [-0.39, 0.29) is 142 Å². The second kappa shape index (κ2) is 34.3. The number of hydrogen-bond donors (Lipinski definition) is 0. The monoisotopic (exact) mass is 821 g/mol. The number of hydrogen-bond acceptors (Lipinski definition) is 0. The molecule has 0 saturated carbocycles. The van der Waals surface area contributed by atoms with E-state index in [1.807, 2.05) is 0 Å². The molecule has 45 valence electrons. The molecule has 0 aliphatic carbocycles. The standard InChI is InChI=1S/5HI.Ta/h5*1H;. The van der Waals surface area contributed by atoms with Crippen molar-refractivity contribution in [1.82, 2.24) is 0 Å². The SMILES string of the molecule is I.I.I.I.I.[Ta]. The van der Waals surface area contributed by atoms with Crippen molar-refractivity contribution < 1.29 is 22.4 Å². The maximum absolute atomic E-state index is 0. The topological polar surface area (TPSA) is 0 Å². The van der Waals surface area contributed by atoms with Gasteiger partial charge in [-0.05, 0) is 0 Å². The summed E-state index contributed by atoms with van der Waals surface area (Å²) in [6.45, 7) is 0. The Morgan fingerprint density at radius 1 is 0.333 bits per heavy atom. The van der Waals surface area contributed by atoms with E-state index in [0.29, 0.717) is 0 Å². The summed E-state index contributed by atoms with van der Waals surface area (Å²) in [5.74, 6) is 0. The smallest absolute Gasteiger partial charge is 0 e. The van der Waals surface area contributed by atoms with Crippen molar-refractivity contribution in [3.05, 3.63) is 0 Å². The van der Waals surface area contributed by atoms with E-state index >= 15 is 0 Å². The Morgan fingerprint density at radius 3 is 0.333 bits per heavy atom. The summed E-state index contributed by atoms with van der Waals surface area (Å²) in [6, 6.07) is 0. The zero-order valence-electron chi connectivity index (χ0n) is 2.49. The molecule has 6 heteroatoms. The fraction of sp³-hybridized carbons (Fsp3) is 0. The zero-order chi connectivity index (χ0) is 0. The molecule has 0 aliphatic heterocycles. The van der Waals surface area contributed by atoms with E-state index in [9.17, 15) is 0 Å². The first-order valence-electron chi connectivity index (χ1n) is 0. The van der Waals surface area contributed by atoms with Gasteiger partial charge in [0.1, 0.15) is 0 Å². The van der Waals surface area contributed by atoms with E-state index in [1.54, 1.807) is 0 Å². The van der Waals surface area contributed by atoms with E-state index in [2.05, 4.69) is 0 Å². The van der Waals surface area contributed by atoms with Gasteiger partial charge in [-0.3, -0.25) is 0 Å². The quantitative estimate of drug-likeness (QED) is 0.330. The van der Waals surface area contributed by atoms with Crippen LogP contribution in [0.4, 0.5) is 0 Å². The molecule has 1 radical (unpaired) electrons. The minimum atomic E-state index is 0. The molecule has 0 N–H and O–H groups in total. The van der Waals surface area contributed by atoms with Gasteiger partial charge in [0.05, 0.1) is 0 Å². The van der Waals surface area contributed by atoms with Crippen LogP contribution < -0.4 is 0 Å². The summed E-state index contributed by atoms with van der Waals surface area (Å²) in [6.07, 6.45) is 0. The summed E-state index contributed by atoms with van der Waals surface area (Å²) in [7, 11) is 0. The number of halogens is 5. The third-order valence-corrected chi connectivity index (χ3v) is 0. The molecule has 0 unspecified atom stereocenters. The van der Waals surface area contributed by atoms with Crippen molar-refractivity contribution in [2.24, 2.45) is 0 Å². The maximum Gasteiger partial charge on any atom is 0 e. The Labute approximate surface area is 139 Å².